The number of nitrogens with one attached hydrogen (secondary N) is 1. The van der Waals surface area contributed by atoms with Crippen LogP contribution in [0.5, 0.6) is 0 Å². The van der Waals surface area contributed by atoms with E-state index in [1.807, 2.05) is 59.4 Å². The van der Waals surface area contributed by atoms with Crippen molar-refractivity contribution < 1.29 is 9.53 Å². The van der Waals surface area contributed by atoms with Crippen LogP contribution in [0.3, 0.4) is 0 Å². The standard InChI is InChI=1S/C22H21N3O2S/c1-15-5-3-4-6-18(15)20-14-25-10-9-16-7-8-17(13-19(16)21(25)24-20)23-22(26)27-11-12-28-2/h3-10,13-14H,11-12H2,1-2H3,(H,23,26). The van der Waals surface area contributed by atoms with Gasteiger partial charge in [0.05, 0.1) is 5.69 Å². The number of anilines is 1. The van der Waals surface area contributed by atoms with Crippen LogP contribution < -0.4 is 5.32 Å². The number of aryl methyl sites for hydroxylation is 1. The number of thioether (sulfide) groups is 1. The van der Waals surface area contributed by atoms with Crippen LogP contribution in [-0.2, 0) is 4.74 Å². The highest BCUT2D eigenvalue weighted by Gasteiger charge is 2.11. The summed E-state index contributed by atoms with van der Waals surface area (Å²) < 4.78 is 7.19. The lowest BCUT2D eigenvalue weighted by molar-refractivity contribution is 0.169. The van der Waals surface area contributed by atoms with Crippen molar-refractivity contribution in [1.29, 1.82) is 0 Å². The molecule has 2 heterocycles. The first-order valence-corrected chi connectivity index (χ1v) is 10.5. The molecule has 0 aliphatic heterocycles. The molecule has 142 valence electrons. The van der Waals surface area contributed by atoms with Crippen LogP contribution in [0.1, 0.15) is 5.56 Å². The lowest BCUT2D eigenvalue weighted by Crippen LogP contribution is -2.15. The molecule has 2 aromatic carbocycles. The highest BCUT2D eigenvalue weighted by Crippen LogP contribution is 2.28. The molecule has 2 aromatic heterocycles. The van der Waals surface area contributed by atoms with Gasteiger partial charge in [-0.3, -0.25) is 5.32 Å². The molecule has 28 heavy (non-hydrogen) atoms. The minimum Gasteiger partial charge on any atom is -0.448 e. The van der Waals surface area contributed by atoms with Crippen LogP contribution in [0.25, 0.3) is 27.7 Å². The zero-order chi connectivity index (χ0) is 19.5. The molecule has 0 saturated carbocycles. The number of pyridine rings is 1. The van der Waals surface area contributed by atoms with Gasteiger partial charge in [0.1, 0.15) is 12.3 Å². The predicted octanol–water partition coefficient (Wildman–Crippen LogP) is 5.37. The minimum atomic E-state index is -0.440. The Kier molecular flexibility index (Phi) is 5.21. The molecule has 0 radical (unpaired) electrons. The second-order valence-corrected chi connectivity index (χ2v) is 7.53. The number of rotatable bonds is 5. The molecule has 4 aromatic rings. The maximum Gasteiger partial charge on any atom is 0.411 e. The Labute approximate surface area is 167 Å². The summed E-state index contributed by atoms with van der Waals surface area (Å²) in [6.07, 6.45) is 5.58. The number of hydrogen-bond acceptors (Lipinski definition) is 4. The first-order valence-electron chi connectivity index (χ1n) is 9.06. The van der Waals surface area contributed by atoms with E-state index in [1.165, 1.54) is 5.56 Å². The van der Waals surface area contributed by atoms with Crippen molar-refractivity contribution in [3.05, 3.63) is 66.5 Å². The van der Waals surface area contributed by atoms with Gasteiger partial charge >= 0.3 is 6.09 Å². The van der Waals surface area contributed by atoms with E-state index in [4.69, 9.17) is 9.72 Å². The first-order chi connectivity index (χ1) is 13.7. The van der Waals surface area contributed by atoms with E-state index in [9.17, 15) is 4.79 Å². The highest BCUT2D eigenvalue weighted by atomic mass is 32.2. The number of imidazole rings is 1. The zero-order valence-electron chi connectivity index (χ0n) is 15.8. The summed E-state index contributed by atoms with van der Waals surface area (Å²) in [5, 5.41) is 4.84. The van der Waals surface area contributed by atoms with Crippen LogP contribution in [0, 0.1) is 6.92 Å². The van der Waals surface area contributed by atoms with Gasteiger partial charge in [-0.1, -0.05) is 30.3 Å². The number of nitrogens with zero attached hydrogens (tertiary/aromatic N) is 2. The molecule has 0 aliphatic rings. The fourth-order valence-corrected chi connectivity index (χ4v) is 3.45. The van der Waals surface area contributed by atoms with Crippen molar-refractivity contribution in [1.82, 2.24) is 9.38 Å². The van der Waals surface area contributed by atoms with Crippen molar-refractivity contribution in [3.8, 4) is 11.3 Å². The van der Waals surface area contributed by atoms with Crippen LogP contribution in [0.15, 0.2) is 60.9 Å². The van der Waals surface area contributed by atoms with Crippen molar-refractivity contribution in [2.24, 2.45) is 0 Å². The maximum absolute atomic E-state index is 12.0. The van der Waals surface area contributed by atoms with Crippen molar-refractivity contribution in [2.45, 2.75) is 6.92 Å². The van der Waals surface area contributed by atoms with E-state index in [1.54, 1.807) is 11.8 Å². The molecule has 6 heteroatoms. The Hall–Kier alpha value is -2.99. The molecule has 0 aliphatic carbocycles. The van der Waals surface area contributed by atoms with Gasteiger partial charge in [0.2, 0.25) is 0 Å². The summed E-state index contributed by atoms with van der Waals surface area (Å²) in [6, 6.07) is 16.1. The SMILES string of the molecule is CSCCOC(=O)Nc1ccc2ccn3cc(-c4ccccc4C)nc3c2c1. The van der Waals surface area contributed by atoms with Crippen molar-refractivity contribution >= 4 is 40.0 Å². The van der Waals surface area contributed by atoms with Gasteiger partial charge < -0.3 is 9.14 Å². The average Bonchev–Trinajstić information content (AvgIpc) is 3.13. The van der Waals surface area contributed by atoms with E-state index in [-0.39, 0.29) is 0 Å². The summed E-state index contributed by atoms with van der Waals surface area (Å²) in [6.45, 7) is 2.48. The molecule has 1 N–H and O–H groups in total. The Morgan fingerprint density at radius 3 is 2.89 bits per heavy atom. The maximum atomic E-state index is 12.0. The Morgan fingerprint density at radius 1 is 1.21 bits per heavy atom. The van der Waals surface area contributed by atoms with Crippen LogP contribution in [-0.4, -0.2) is 34.1 Å². The van der Waals surface area contributed by atoms with E-state index in [0.717, 1.165) is 33.4 Å². The highest BCUT2D eigenvalue weighted by molar-refractivity contribution is 7.98. The molecule has 0 saturated heterocycles. The number of benzene rings is 2. The third-order valence-electron chi connectivity index (χ3n) is 4.63. The quantitative estimate of drug-likeness (QED) is 0.465. The molecule has 0 unspecified atom stereocenters. The molecule has 1 amide bonds. The second kappa shape index (κ2) is 7.94. The van der Waals surface area contributed by atoms with E-state index < -0.39 is 6.09 Å². The summed E-state index contributed by atoms with van der Waals surface area (Å²) in [4.78, 5) is 16.8. The van der Waals surface area contributed by atoms with Gasteiger partial charge in [-0.2, -0.15) is 11.8 Å². The van der Waals surface area contributed by atoms with Gasteiger partial charge in [0.15, 0.2) is 0 Å². The molecular formula is C22H21N3O2S. The third-order valence-corrected chi connectivity index (χ3v) is 5.20. The van der Waals surface area contributed by atoms with Gasteiger partial charge in [0.25, 0.3) is 0 Å². The van der Waals surface area contributed by atoms with Crippen LogP contribution >= 0.6 is 11.8 Å². The smallest absolute Gasteiger partial charge is 0.411 e. The Bertz CT molecular complexity index is 1150. The molecular weight excluding hydrogens is 370 g/mol. The number of fused-ring (bicyclic) bond motifs is 3. The van der Waals surface area contributed by atoms with Crippen LogP contribution in [0.4, 0.5) is 10.5 Å². The number of amides is 1. The predicted molar refractivity (Wildman–Crippen MR) is 116 cm³/mol. The second-order valence-electron chi connectivity index (χ2n) is 6.54. The Morgan fingerprint density at radius 2 is 2.07 bits per heavy atom. The van der Waals surface area contributed by atoms with Gasteiger partial charge in [0, 0.05) is 34.8 Å². The molecule has 5 nitrogen and oxygen atoms in total. The van der Waals surface area contributed by atoms with E-state index >= 15 is 0 Å². The van der Waals surface area contributed by atoms with Gasteiger partial charge in [-0.15, -0.1) is 0 Å². The number of carbonyl (C=O) groups excluding carboxylic acids is 1. The fraction of sp³-hybridized carbons (Fsp3) is 0.182. The number of ether oxygens (including phenoxy) is 1. The normalized spacial score (nSPS) is 11.1. The molecule has 0 bridgehead atoms. The minimum absolute atomic E-state index is 0.394. The van der Waals surface area contributed by atoms with Crippen molar-refractivity contribution in [3.63, 3.8) is 0 Å². The van der Waals surface area contributed by atoms with E-state index in [0.29, 0.717) is 12.3 Å². The number of aromatic nitrogens is 2. The average molecular weight is 391 g/mol. The van der Waals surface area contributed by atoms with Crippen molar-refractivity contribution in [2.75, 3.05) is 23.9 Å². The largest absolute Gasteiger partial charge is 0.448 e. The summed E-state index contributed by atoms with van der Waals surface area (Å²) in [7, 11) is 0. The number of hydrogen-bond donors (Lipinski definition) is 1. The fourth-order valence-electron chi connectivity index (χ4n) is 3.20. The molecule has 0 fully saturated rings. The zero-order valence-corrected chi connectivity index (χ0v) is 16.6. The number of carbonyl (C=O) groups is 1. The topological polar surface area (TPSA) is 55.6 Å². The third kappa shape index (κ3) is 3.68. The van der Waals surface area contributed by atoms with Crippen LogP contribution in [0.2, 0.25) is 0 Å². The summed E-state index contributed by atoms with van der Waals surface area (Å²) in [5.41, 5.74) is 4.78. The lowest BCUT2D eigenvalue weighted by Gasteiger charge is -2.08. The summed E-state index contributed by atoms with van der Waals surface area (Å²) >= 11 is 1.64. The first kappa shape index (κ1) is 18.4. The molecule has 4 rings (SSSR count). The molecule has 0 atom stereocenters. The molecule has 0 spiro atoms. The van der Waals surface area contributed by atoms with E-state index in [2.05, 4.69) is 24.4 Å². The summed E-state index contributed by atoms with van der Waals surface area (Å²) in [5.74, 6) is 0.779. The lowest BCUT2D eigenvalue weighted by atomic mass is 10.1. The van der Waals surface area contributed by atoms with Gasteiger partial charge in [-0.05, 0) is 42.3 Å². The monoisotopic (exact) mass is 391 g/mol. The van der Waals surface area contributed by atoms with Gasteiger partial charge in [-0.25, -0.2) is 9.78 Å². The Balaban J connectivity index is 1.70.